The number of unbranched alkanes of at least 4 members (excludes halogenated alkanes) is 1. The van der Waals surface area contributed by atoms with E-state index in [4.69, 9.17) is 4.84 Å². The maximum absolute atomic E-state index is 11.4. The van der Waals surface area contributed by atoms with E-state index < -0.39 is 0 Å². The van der Waals surface area contributed by atoms with E-state index in [9.17, 15) is 4.79 Å². The molecule has 0 saturated heterocycles. The van der Waals surface area contributed by atoms with E-state index >= 15 is 0 Å². The molecular formula is C13H21N3O2. The Bertz CT molecular complexity index is 330. The molecule has 0 bridgehead atoms. The lowest BCUT2D eigenvalue weighted by Crippen LogP contribution is -2.28. The maximum atomic E-state index is 11.4. The number of hydroxylamine groups is 1. The Morgan fingerprint density at radius 2 is 2.00 bits per heavy atom. The van der Waals surface area contributed by atoms with Gasteiger partial charge in [0, 0.05) is 13.0 Å². The zero-order valence-electron chi connectivity index (χ0n) is 10.7. The largest absolute Gasteiger partial charge is 0.273 e. The van der Waals surface area contributed by atoms with Crippen LogP contribution in [-0.4, -0.2) is 19.5 Å². The minimum absolute atomic E-state index is 0.0737. The second-order valence-electron chi connectivity index (χ2n) is 3.93. The summed E-state index contributed by atoms with van der Waals surface area (Å²) in [6, 6.07) is 9.73. The summed E-state index contributed by atoms with van der Waals surface area (Å²) in [6.45, 7) is 1.25. The Morgan fingerprint density at radius 3 is 2.72 bits per heavy atom. The van der Waals surface area contributed by atoms with E-state index in [1.807, 2.05) is 37.4 Å². The van der Waals surface area contributed by atoms with Crippen molar-refractivity contribution in [2.24, 2.45) is 0 Å². The smallest absolute Gasteiger partial charge is 0.243 e. The molecule has 5 nitrogen and oxygen atoms in total. The summed E-state index contributed by atoms with van der Waals surface area (Å²) in [5.41, 5.74) is 9.29. The Hall–Kier alpha value is -1.43. The van der Waals surface area contributed by atoms with Gasteiger partial charge in [0.15, 0.2) is 0 Å². The van der Waals surface area contributed by atoms with Crippen LogP contribution < -0.4 is 16.3 Å². The molecule has 0 heterocycles. The highest BCUT2D eigenvalue weighted by Gasteiger charge is 2.00. The second kappa shape index (κ2) is 9.58. The van der Waals surface area contributed by atoms with Crippen molar-refractivity contribution in [2.45, 2.75) is 25.9 Å². The number of carbonyl (C=O) groups excluding carboxylic acids is 1. The predicted molar refractivity (Wildman–Crippen MR) is 70.3 cm³/mol. The van der Waals surface area contributed by atoms with Crippen molar-refractivity contribution in [2.75, 3.05) is 13.6 Å². The topological polar surface area (TPSA) is 62.4 Å². The lowest BCUT2D eigenvalue weighted by Gasteiger charge is -2.06. The van der Waals surface area contributed by atoms with Gasteiger partial charge in [0.1, 0.15) is 0 Å². The van der Waals surface area contributed by atoms with E-state index in [2.05, 4.69) is 16.3 Å². The second-order valence-corrected chi connectivity index (χ2v) is 3.93. The number of rotatable bonds is 9. The number of hydrogen-bond donors (Lipinski definition) is 3. The van der Waals surface area contributed by atoms with Gasteiger partial charge in [0.05, 0.1) is 6.61 Å². The van der Waals surface area contributed by atoms with Crippen molar-refractivity contribution in [1.29, 1.82) is 0 Å². The molecule has 18 heavy (non-hydrogen) atoms. The summed E-state index contributed by atoms with van der Waals surface area (Å²) in [5, 5.41) is 0. The normalized spacial score (nSPS) is 10.3. The molecule has 1 rings (SSSR count). The molecule has 0 aliphatic heterocycles. The maximum Gasteiger partial charge on any atom is 0.243 e. The zero-order chi connectivity index (χ0) is 13.1. The van der Waals surface area contributed by atoms with E-state index in [1.165, 1.54) is 0 Å². The summed E-state index contributed by atoms with van der Waals surface area (Å²) in [4.78, 5) is 16.5. The Morgan fingerprint density at radius 1 is 1.22 bits per heavy atom. The van der Waals surface area contributed by atoms with Crippen LogP contribution >= 0.6 is 0 Å². The third-order valence-corrected chi connectivity index (χ3v) is 2.40. The summed E-state index contributed by atoms with van der Waals surface area (Å²) in [7, 11) is 1.82. The van der Waals surface area contributed by atoms with E-state index in [0.29, 0.717) is 13.0 Å². The van der Waals surface area contributed by atoms with Gasteiger partial charge in [-0.1, -0.05) is 30.3 Å². The Kier molecular flexibility index (Phi) is 7.79. The molecule has 0 aliphatic carbocycles. The molecule has 0 unspecified atom stereocenters. The molecule has 0 fully saturated rings. The van der Waals surface area contributed by atoms with Crippen LogP contribution in [0.4, 0.5) is 0 Å². The summed E-state index contributed by atoms with van der Waals surface area (Å²) >= 11 is 0. The molecule has 0 saturated carbocycles. The average Bonchev–Trinajstić information content (AvgIpc) is 2.40. The fourth-order valence-electron chi connectivity index (χ4n) is 1.45. The molecule has 100 valence electrons. The van der Waals surface area contributed by atoms with Crippen molar-refractivity contribution in [3.63, 3.8) is 0 Å². The van der Waals surface area contributed by atoms with Gasteiger partial charge >= 0.3 is 0 Å². The van der Waals surface area contributed by atoms with Gasteiger partial charge in [0.2, 0.25) is 5.91 Å². The SMILES string of the molecule is CNNCCCCC(=O)NOCc1ccccc1. The molecule has 5 heteroatoms. The minimum atomic E-state index is -0.0737. The third kappa shape index (κ3) is 7.01. The fraction of sp³-hybridized carbons (Fsp3) is 0.462. The number of amides is 1. The van der Waals surface area contributed by atoms with Crippen LogP contribution in [0.3, 0.4) is 0 Å². The van der Waals surface area contributed by atoms with Crippen LogP contribution in [0.5, 0.6) is 0 Å². The van der Waals surface area contributed by atoms with Crippen molar-refractivity contribution in [1.82, 2.24) is 16.3 Å². The minimum Gasteiger partial charge on any atom is -0.273 e. The number of hydrogen-bond acceptors (Lipinski definition) is 4. The standard InChI is InChI=1S/C13H21N3O2/c1-14-15-10-6-5-9-13(17)16-18-11-12-7-3-2-4-8-12/h2-4,7-8,14-15H,5-6,9-11H2,1H3,(H,16,17). The van der Waals surface area contributed by atoms with Gasteiger partial charge in [0.25, 0.3) is 0 Å². The molecule has 0 aliphatic rings. The average molecular weight is 251 g/mol. The van der Waals surface area contributed by atoms with E-state index in [-0.39, 0.29) is 5.91 Å². The van der Waals surface area contributed by atoms with Crippen molar-refractivity contribution < 1.29 is 9.63 Å². The number of benzene rings is 1. The number of hydrazine groups is 1. The highest BCUT2D eigenvalue weighted by atomic mass is 16.6. The van der Waals surface area contributed by atoms with Crippen molar-refractivity contribution in [3.8, 4) is 0 Å². The highest BCUT2D eigenvalue weighted by Crippen LogP contribution is 1.99. The number of carbonyl (C=O) groups is 1. The Balaban J connectivity index is 2.00. The first-order chi connectivity index (χ1) is 8.83. The lowest BCUT2D eigenvalue weighted by atomic mass is 10.2. The monoisotopic (exact) mass is 251 g/mol. The van der Waals surface area contributed by atoms with Crippen molar-refractivity contribution >= 4 is 5.91 Å². The first-order valence-electron chi connectivity index (χ1n) is 6.17. The van der Waals surface area contributed by atoms with Gasteiger partial charge in [-0.3, -0.25) is 20.5 Å². The quantitative estimate of drug-likeness (QED) is 0.455. The van der Waals surface area contributed by atoms with Crippen LogP contribution in [0.15, 0.2) is 30.3 Å². The molecule has 0 aromatic heterocycles. The summed E-state index contributed by atoms with van der Waals surface area (Å²) in [5.74, 6) is -0.0737. The summed E-state index contributed by atoms with van der Waals surface area (Å²) in [6.07, 6.45) is 2.28. The zero-order valence-corrected chi connectivity index (χ0v) is 10.7. The van der Waals surface area contributed by atoms with Gasteiger partial charge in [-0.25, -0.2) is 5.48 Å². The van der Waals surface area contributed by atoms with E-state index in [0.717, 1.165) is 24.9 Å². The molecule has 3 N–H and O–H groups in total. The van der Waals surface area contributed by atoms with Gasteiger partial charge < -0.3 is 0 Å². The molecular weight excluding hydrogens is 230 g/mol. The fourth-order valence-corrected chi connectivity index (χ4v) is 1.45. The molecule has 0 atom stereocenters. The van der Waals surface area contributed by atoms with Crippen LogP contribution in [-0.2, 0) is 16.2 Å². The van der Waals surface area contributed by atoms with Crippen LogP contribution in [0, 0.1) is 0 Å². The van der Waals surface area contributed by atoms with E-state index in [1.54, 1.807) is 0 Å². The van der Waals surface area contributed by atoms with Crippen LogP contribution in [0.25, 0.3) is 0 Å². The van der Waals surface area contributed by atoms with Gasteiger partial charge in [-0.2, -0.15) is 0 Å². The molecule has 1 amide bonds. The molecule has 1 aromatic rings. The van der Waals surface area contributed by atoms with Crippen LogP contribution in [0.2, 0.25) is 0 Å². The molecule has 0 spiro atoms. The first-order valence-corrected chi connectivity index (χ1v) is 6.17. The third-order valence-electron chi connectivity index (χ3n) is 2.40. The lowest BCUT2D eigenvalue weighted by molar-refractivity contribution is -0.134. The summed E-state index contributed by atoms with van der Waals surface area (Å²) < 4.78 is 0. The molecule has 0 radical (unpaired) electrons. The Labute approximate surface area is 108 Å². The first kappa shape index (κ1) is 14.6. The molecule has 1 aromatic carbocycles. The van der Waals surface area contributed by atoms with Crippen LogP contribution in [0.1, 0.15) is 24.8 Å². The van der Waals surface area contributed by atoms with Gasteiger partial charge in [-0.05, 0) is 25.5 Å². The highest BCUT2D eigenvalue weighted by molar-refractivity contribution is 5.74. The predicted octanol–water partition coefficient (Wildman–Crippen LogP) is 1.13. The van der Waals surface area contributed by atoms with Crippen molar-refractivity contribution in [3.05, 3.63) is 35.9 Å². The van der Waals surface area contributed by atoms with Gasteiger partial charge in [-0.15, -0.1) is 0 Å². The number of nitrogens with one attached hydrogen (secondary N) is 3.